The highest BCUT2D eigenvalue weighted by atomic mass is 16.2. The predicted octanol–water partition coefficient (Wildman–Crippen LogP) is 4.21. The highest BCUT2D eigenvalue weighted by Gasteiger charge is 2.23. The summed E-state index contributed by atoms with van der Waals surface area (Å²) in [6.45, 7) is 2.44. The zero-order valence-electron chi connectivity index (χ0n) is 14.2. The van der Waals surface area contributed by atoms with Crippen molar-refractivity contribution >= 4 is 6.03 Å². The maximum absolute atomic E-state index is 12.3. The fraction of sp³-hybridized carbons (Fsp3) is 0.381. The van der Waals surface area contributed by atoms with Gasteiger partial charge in [-0.3, -0.25) is 0 Å². The Hall–Kier alpha value is -2.29. The molecule has 1 fully saturated rings. The molecule has 0 radical (unpaired) electrons. The van der Waals surface area contributed by atoms with Crippen molar-refractivity contribution in [3.63, 3.8) is 0 Å². The van der Waals surface area contributed by atoms with Crippen molar-refractivity contribution in [1.29, 1.82) is 0 Å². The summed E-state index contributed by atoms with van der Waals surface area (Å²) in [4.78, 5) is 14.2. The lowest BCUT2D eigenvalue weighted by molar-refractivity contribution is 0.181. The number of rotatable bonds is 5. The minimum absolute atomic E-state index is 0.0922. The van der Waals surface area contributed by atoms with E-state index < -0.39 is 0 Å². The van der Waals surface area contributed by atoms with Gasteiger partial charge in [0.1, 0.15) is 0 Å². The van der Waals surface area contributed by atoms with Gasteiger partial charge in [-0.1, -0.05) is 60.7 Å². The van der Waals surface area contributed by atoms with E-state index in [4.69, 9.17) is 0 Å². The van der Waals surface area contributed by atoms with Crippen LogP contribution in [0.15, 0.2) is 60.7 Å². The second kappa shape index (κ2) is 8.53. The van der Waals surface area contributed by atoms with Crippen molar-refractivity contribution in [1.82, 2.24) is 10.2 Å². The lowest BCUT2D eigenvalue weighted by Crippen LogP contribution is -2.44. The number of carbonyl (C=O) groups excluding carboxylic acids is 1. The Morgan fingerprint density at radius 2 is 1.58 bits per heavy atom. The molecular weight excluding hydrogens is 296 g/mol. The molecule has 0 unspecified atom stereocenters. The molecule has 1 heterocycles. The van der Waals surface area contributed by atoms with E-state index in [2.05, 4.69) is 59.9 Å². The van der Waals surface area contributed by atoms with E-state index in [1.165, 1.54) is 11.1 Å². The van der Waals surface area contributed by atoms with Gasteiger partial charge < -0.3 is 10.2 Å². The molecule has 0 spiro atoms. The van der Waals surface area contributed by atoms with E-state index in [0.29, 0.717) is 5.92 Å². The molecule has 3 nitrogen and oxygen atoms in total. The standard InChI is InChI=1S/C21H26N2O/c24-21(22-15-7-10-18-8-3-1-4-9-18)23-16-13-20(14-17-23)19-11-5-2-6-12-19/h1-6,8-9,11-12,20H,7,10,13-17H2,(H,22,24). The summed E-state index contributed by atoms with van der Waals surface area (Å²) in [5.41, 5.74) is 2.73. The third-order valence-corrected chi connectivity index (χ3v) is 4.81. The van der Waals surface area contributed by atoms with E-state index in [-0.39, 0.29) is 6.03 Å². The Morgan fingerprint density at radius 3 is 2.25 bits per heavy atom. The van der Waals surface area contributed by atoms with Crippen molar-refractivity contribution in [3.05, 3.63) is 71.8 Å². The number of amides is 2. The summed E-state index contributed by atoms with van der Waals surface area (Å²) in [7, 11) is 0. The Labute approximate surface area is 144 Å². The molecular formula is C21H26N2O. The van der Waals surface area contributed by atoms with Gasteiger partial charge >= 0.3 is 6.03 Å². The number of piperidine rings is 1. The van der Waals surface area contributed by atoms with Gasteiger partial charge in [0, 0.05) is 19.6 Å². The number of aryl methyl sites for hydroxylation is 1. The number of urea groups is 1. The molecule has 2 aromatic rings. The molecule has 1 saturated heterocycles. The monoisotopic (exact) mass is 322 g/mol. The predicted molar refractivity (Wildman–Crippen MR) is 98.2 cm³/mol. The van der Waals surface area contributed by atoms with Crippen LogP contribution in [0.2, 0.25) is 0 Å². The third-order valence-electron chi connectivity index (χ3n) is 4.81. The zero-order chi connectivity index (χ0) is 16.6. The molecule has 2 aromatic carbocycles. The molecule has 0 atom stereocenters. The van der Waals surface area contributed by atoms with Crippen LogP contribution in [0, 0.1) is 0 Å². The average molecular weight is 322 g/mol. The lowest BCUT2D eigenvalue weighted by Gasteiger charge is -2.32. The third kappa shape index (κ3) is 4.60. The Bertz CT molecular complexity index is 619. The van der Waals surface area contributed by atoms with Crippen LogP contribution < -0.4 is 5.32 Å². The van der Waals surface area contributed by atoms with E-state index >= 15 is 0 Å². The Kier molecular flexibility index (Phi) is 5.89. The van der Waals surface area contributed by atoms with Crippen LogP contribution in [0.4, 0.5) is 4.79 Å². The van der Waals surface area contributed by atoms with Gasteiger partial charge in [-0.25, -0.2) is 4.79 Å². The minimum Gasteiger partial charge on any atom is -0.338 e. The first-order chi connectivity index (χ1) is 11.8. The van der Waals surface area contributed by atoms with Gasteiger partial charge in [0.2, 0.25) is 0 Å². The maximum Gasteiger partial charge on any atom is 0.317 e. The SMILES string of the molecule is O=C(NCCCc1ccccc1)N1CCC(c2ccccc2)CC1. The van der Waals surface area contributed by atoms with Crippen LogP contribution in [0.25, 0.3) is 0 Å². The fourth-order valence-corrected chi connectivity index (χ4v) is 3.39. The van der Waals surface area contributed by atoms with Crippen molar-refractivity contribution in [2.75, 3.05) is 19.6 Å². The first-order valence-electron chi connectivity index (χ1n) is 8.94. The van der Waals surface area contributed by atoms with Crippen LogP contribution in [0.5, 0.6) is 0 Å². The van der Waals surface area contributed by atoms with Crippen molar-refractivity contribution in [2.24, 2.45) is 0 Å². The largest absolute Gasteiger partial charge is 0.338 e. The topological polar surface area (TPSA) is 32.3 Å². The number of nitrogens with one attached hydrogen (secondary N) is 1. The van der Waals surface area contributed by atoms with Crippen molar-refractivity contribution in [2.45, 2.75) is 31.6 Å². The van der Waals surface area contributed by atoms with Crippen LogP contribution in [-0.2, 0) is 6.42 Å². The van der Waals surface area contributed by atoms with Gasteiger partial charge in [-0.15, -0.1) is 0 Å². The van der Waals surface area contributed by atoms with Crippen LogP contribution in [0.3, 0.4) is 0 Å². The van der Waals surface area contributed by atoms with E-state index in [9.17, 15) is 4.79 Å². The number of benzene rings is 2. The van der Waals surface area contributed by atoms with E-state index in [1.54, 1.807) is 0 Å². The number of carbonyl (C=O) groups is 1. The molecule has 0 aliphatic carbocycles. The molecule has 1 N–H and O–H groups in total. The number of hydrogen-bond donors (Lipinski definition) is 1. The molecule has 0 saturated carbocycles. The van der Waals surface area contributed by atoms with Gasteiger partial charge in [0.25, 0.3) is 0 Å². The average Bonchev–Trinajstić information content (AvgIpc) is 2.67. The van der Waals surface area contributed by atoms with Crippen molar-refractivity contribution in [3.8, 4) is 0 Å². The molecule has 2 amide bonds. The van der Waals surface area contributed by atoms with E-state index in [0.717, 1.165) is 45.3 Å². The molecule has 0 aromatic heterocycles. The van der Waals surface area contributed by atoms with Crippen molar-refractivity contribution < 1.29 is 4.79 Å². The summed E-state index contributed by atoms with van der Waals surface area (Å²) in [6, 6.07) is 21.2. The van der Waals surface area contributed by atoms with Crippen LogP contribution in [-0.4, -0.2) is 30.6 Å². The number of likely N-dealkylation sites (tertiary alicyclic amines) is 1. The summed E-state index contributed by atoms with van der Waals surface area (Å²) in [5, 5.41) is 3.06. The van der Waals surface area contributed by atoms with Gasteiger partial charge in [0.15, 0.2) is 0 Å². The van der Waals surface area contributed by atoms with E-state index in [1.807, 2.05) is 11.0 Å². The quantitative estimate of drug-likeness (QED) is 0.822. The first-order valence-corrected chi connectivity index (χ1v) is 8.94. The second-order valence-corrected chi connectivity index (χ2v) is 6.49. The van der Waals surface area contributed by atoms with Gasteiger partial charge in [0.05, 0.1) is 0 Å². The highest BCUT2D eigenvalue weighted by molar-refractivity contribution is 5.74. The summed E-state index contributed by atoms with van der Waals surface area (Å²) in [5.74, 6) is 0.591. The van der Waals surface area contributed by atoms with Gasteiger partial charge in [-0.2, -0.15) is 0 Å². The first kappa shape index (κ1) is 16.6. The smallest absolute Gasteiger partial charge is 0.317 e. The molecule has 3 rings (SSSR count). The molecule has 0 bridgehead atoms. The van der Waals surface area contributed by atoms with Crippen LogP contribution in [0.1, 0.15) is 36.3 Å². The molecule has 1 aliphatic heterocycles. The molecule has 126 valence electrons. The molecule has 3 heteroatoms. The maximum atomic E-state index is 12.3. The van der Waals surface area contributed by atoms with Gasteiger partial charge in [-0.05, 0) is 42.7 Å². The zero-order valence-corrected chi connectivity index (χ0v) is 14.2. The Morgan fingerprint density at radius 1 is 0.958 bits per heavy atom. The summed E-state index contributed by atoms with van der Waals surface area (Å²) >= 11 is 0. The second-order valence-electron chi connectivity index (χ2n) is 6.49. The summed E-state index contributed by atoms with van der Waals surface area (Å²) < 4.78 is 0. The lowest BCUT2D eigenvalue weighted by atomic mass is 9.90. The van der Waals surface area contributed by atoms with Crippen LogP contribution >= 0.6 is 0 Å². The minimum atomic E-state index is 0.0922. The fourth-order valence-electron chi connectivity index (χ4n) is 3.39. The summed E-state index contributed by atoms with van der Waals surface area (Å²) in [6.07, 6.45) is 4.11. The Balaban J connectivity index is 1.36. The highest BCUT2D eigenvalue weighted by Crippen LogP contribution is 2.27. The number of hydrogen-bond acceptors (Lipinski definition) is 1. The number of nitrogens with zero attached hydrogens (tertiary/aromatic N) is 1. The molecule has 1 aliphatic rings. The molecule has 24 heavy (non-hydrogen) atoms. The normalized spacial score (nSPS) is 15.2.